The number of nitrogens with zero attached hydrogens (tertiary/aromatic N) is 5. The van der Waals surface area contributed by atoms with E-state index in [1.165, 1.54) is 12.8 Å². The predicted octanol–water partition coefficient (Wildman–Crippen LogP) is 1.74. The molecule has 0 bridgehead atoms. The highest BCUT2D eigenvalue weighted by Gasteiger charge is 2.23. The number of anilines is 1. The van der Waals surface area contributed by atoms with Gasteiger partial charge in [0.05, 0.1) is 6.10 Å². The molecule has 2 fully saturated rings. The zero-order valence-electron chi connectivity index (χ0n) is 14.0. The molecule has 0 spiro atoms. The first-order chi connectivity index (χ1) is 11.8. The van der Waals surface area contributed by atoms with E-state index in [9.17, 15) is 0 Å². The van der Waals surface area contributed by atoms with Gasteiger partial charge in [0.2, 0.25) is 0 Å². The van der Waals surface area contributed by atoms with Crippen molar-refractivity contribution in [2.24, 2.45) is 0 Å². The van der Waals surface area contributed by atoms with Crippen LogP contribution < -0.4 is 4.90 Å². The van der Waals surface area contributed by atoms with Gasteiger partial charge >= 0.3 is 0 Å². The Balaban J connectivity index is 1.38. The summed E-state index contributed by atoms with van der Waals surface area (Å²) in [6, 6.07) is 3.94. The van der Waals surface area contributed by atoms with Gasteiger partial charge in [0, 0.05) is 51.1 Å². The lowest BCUT2D eigenvalue weighted by Gasteiger charge is -2.36. The predicted molar refractivity (Wildman–Crippen MR) is 89.9 cm³/mol. The summed E-state index contributed by atoms with van der Waals surface area (Å²) in [6.07, 6.45) is 4.64. The van der Waals surface area contributed by atoms with E-state index in [0.717, 1.165) is 50.7 Å². The van der Waals surface area contributed by atoms with Crippen LogP contribution in [0.5, 0.6) is 0 Å². The molecule has 0 aromatic carbocycles. The second kappa shape index (κ2) is 6.86. The average Bonchev–Trinajstić information content (AvgIpc) is 3.27. The third kappa shape index (κ3) is 3.42. The maximum atomic E-state index is 5.74. The monoisotopic (exact) mass is 329 g/mol. The van der Waals surface area contributed by atoms with E-state index in [1.807, 2.05) is 25.3 Å². The summed E-state index contributed by atoms with van der Waals surface area (Å²) in [7, 11) is 0. The lowest BCUT2D eigenvalue weighted by Crippen LogP contribution is -2.48. The van der Waals surface area contributed by atoms with Crippen molar-refractivity contribution in [1.82, 2.24) is 20.0 Å². The summed E-state index contributed by atoms with van der Waals surface area (Å²) in [5.41, 5.74) is 0.919. The summed E-state index contributed by atoms with van der Waals surface area (Å²) in [4.78, 5) is 13.6. The fourth-order valence-electron chi connectivity index (χ4n) is 3.37. The molecule has 2 saturated heterocycles. The normalized spacial score (nSPS) is 22.2. The van der Waals surface area contributed by atoms with Crippen LogP contribution in [0.3, 0.4) is 0 Å². The Hall–Kier alpha value is -1.99. The van der Waals surface area contributed by atoms with E-state index >= 15 is 0 Å². The quantitative estimate of drug-likeness (QED) is 0.846. The molecule has 0 saturated carbocycles. The SMILES string of the molecule is Cc1noc(-c2ccnc(N3CCN(C[C@H]4CCCO4)CC3)c2)n1. The molecule has 0 aliphatic carbocycles. The highest BCUT2D eigenvalue weighted by molar-refractivity contribution is 5.58. The summed E-state index contributed by atoms with van der Waals surface area (Å²) in [5, 5.41) is 3.86. The number of pyridine rings is 1. The van der Waals surface area contributed by atoms with Crippen LogP contribution in [0.1, 0.15) is 18.7 Å². The van der Waals surface area contributed by atoms with Crippen LogP contribution >= 0.6 is 0 Å². The van der Waals surface area contributed by atoms with E-state index in [4.69, 9.17) is 9.26 Å². The number of ether oxygens (including phenoxy) is 1. The fraction of sp³-hybridized carbons (Fsp3) is 0.588. The molecule has 0 radical (unpaired) electrons. The average molecular weight is 329 g/mol. The topological polar surface area (TPSA) is 67.5 Å². The largest absolute Gasteiger partial charge is 0.377 e. The third-order valence-electron chi connectivity index (χ3n) is 4.70. The third-order valence-corrected chi connectivity index (χ3v) is 4.70. The molecular formula is C17H23N5O2. The summed E-state index contributed by atoms with van der Waals surface area (Å²) < 4.78 is 11.0. The molecule has 7 heteroatoms. The summed E-state index contributed by atoms with van der Waals surface area (Å²) in [6.45, 7) is 7.86. The van der Waals surface area contributed by atoms with Gasteiger partial charge in [-0.05, 0) is 31.9 Å². The van der Waals surface area contributed by atoms with Crippen molar-refractivity contribution in [2.45, 2.75) is 25.9 Å². The van der Waals surface area contributed by atoms with E-state index in [1.54, 1.807) is 0 Å². The van der Waals surface area contributed by atoms with Gasteiger partial charge in [-0.1, -0.05) is 5.16 Å². The van der Waals surface area contributed by atoms with Crippen molar-refractivity contribution in [3.63, 3.8) is 0 Å². The second-order valence-electron chi connectivity index (χ2n) is 6.47. The first kappa shape index (κ1) is 15.5. The molecule has 2 aromatic heterocycles. The number of piperazine rings is 1. The molecule has 2 aliphatic rings. The molecule has 128 valence electrons. The minimum Gasteiger partial charge on any atom is -0.377 e. The maximum Gasteiger partial charge on any atom is 0.258 e. The van der Waals surface area contributed by atoms with E-state index in [0.29, 0.717) is 17.8 Å². The number of aromatic nitrogens is 3. The Kier molecular flexibility index (Phi) is 4.44. The zero-order chi connectivity index (χ0) is 16.4. The lowest BCUT2D eigenvalue weighted by atomic mass is 10.2. The van der Waals surface area contributed by atoms with Crippen molar-refractivity contribution >= 4 is 5.82 Å². The van der Waals surface area contributed by atoms with Crippen molar-refractivity contribution in [3.05, 3.63) is 24.2 Å². The Labute approximate surface area is 141 Å². The number of hydrogen-bond donors (Lipinski definition) is 0. The van der Waals surface area contributed by atoms with Crippen LogP contribution in [-0.2, 0) is 4.74 Å². The Morgan fingerprint density at radius 1 is 1.25 bits per heavy atom. The zero-order valence-corrected chi connectivity index (χ0v) is 14.0. The molecule has 2 aliphatic heterocycles. The standard InChI is InChI=1S/C17H23N5O2/c1-13-19-17(24-20-13)14-4-5-18-16(11-14)22-8-6-21(7-9-22)12-15-3-2-10-23-15/h4-5,11,15H,2-3,6-10,12H2,1H3/t15-/m1/s1. The summed E-state index contributed by atoms with van der Waals surface area (Å²) in [5.74, 6) is 2.17. The van der Waals surface area contributed by atoms with Gasteiger partial charge in [-0.2, -0.15) is 4.98 Å². The molecule has 7 nitrogen and oxygen atoms in total. The molecule has 4 rings (SSSR count). The molecule has 0 amide bonds. The van der Waals surface area contributed by atoms with Gasteiger partial charge in [0.25, 0.3) is 5.89 Å². The van der Waals surface area contributed by atoms with Crippen LogP contribution in [0.4, 0.5) is 5.82 Å². The molecule has 1 atom stereocenters. The van der Waals surface area contributed by atoms with Crippen LogP contribution in [0.25, 0.3) is 11.5 Å². The van der Waals surface area contributed by atoms with Gasteiger partial charge in [-0.3, -0.25) is 4.90 Å². The molecule has 4 heterocycles. The molecule has 24 heavy (non-hydrogen) atoms. The first-order valence-corrected chi connectivity index (χ1v) is 8.63. The first-order valence-electron chi connectivity index (χ1n) is 8.63. The molecule has 0 N–H and O–H groups in total. The minimum absolute atomic E-state index is 0.429. The van der Waals surface area contributed by atoms with Crippen LogP contribution in [0, 0.1) is 6.92 Å². The Morgan fingerprint density at radius 3 is 2.83 bits per heavy atom. The Bertz CT molecular complexity index is 675. The van der Waals surface area contributed by atoms with E-state index in [2.05, 4.69) is 24.9 Å². The van der Waals surface area contributed by atoms with Gasteiger partial charge < -0.3 is 14.2 Å². The smallest absolute Gasteiger partial charge is 0.258 e. The van der Waals surface area contributed by atoms with E-state index < -0.39 is 0 Å². The highest BCUT2D eigenvalue weighted by atomic mass is 16.5. The van der Waals surface area contributed by atoms with Crippen molar-refractivity contribution in [1.29, 1.82) is 0 Å². The van der Waals surface area contributed by atoms with Crippen molar-refractivity contribution in [2.75, 3.05) is 44.2 Å². The van der Waals surface area contributed by atoms with Gasteiger partial charge in [0.1, 0.15) is 5.82 Å². The highest BCUT2D eigenvalue weighted by Crippen LogP contribution is 2.22. The second-order valence-corrected chi connectivity index (χ2v) is 6.47. The molecule has 0 unspecified atom stereocenters. The fourth-order valence-corrected chi connectivity index (χ4v) is 3.37. The van der Waals surface area contributed by atoms with Crippen LogP contribution in [0.2, 0.25) is 0 Å². The number of aryl methyl sites for hydroxylation is 1. The van der Waals surface area contributed by atoms with E-state index in [-0.39, 0.29) is 0 Å². The Morgan fingerprint density at radius 2 is 2.12 bits per heavy atom. The van der Waals surface area contributed by atoms with Crippen LogP contribution in [-0.4, -0.2) is 65.5 Å². The lowest BCUT2D eigenvalue weighted by molar-refractivity contribution is 0.0712. The van der Waals surface area contributed by atoms with Gasteiger partial charge in [0.15, 0.2) is 5.82 Å². The molecular weight excluding hydrogens is 306 g/mol. The minimum atomic E-state index is 0.429. The maximum absolute atomic E-state index is 5.74. The number of hydrogen-bond acceptors (Lipinski definition) is 7. The van der Waals surface area contributed by atoms with Gasteiger partial charge in [-0.25, -0.2) is 4.98 Å². The van der Waals surface area contributed by atoms with Crippen molar-refractivity contribution < 1.29 is 9.26 Å². The van der Waals surface area contributed by atoms with Gasteiger partial charge in [-0.15, -0.1) is 0 Å². The molecule has 2 aromatic rings. The van der Waals surface area contributed by atoms with Crippen molar-refractivity contribution in [3.8, 4) is 11.5 Å². The summed E-state index contributed by atoms with van der Waals surface area (Å²) >= 11 is 0. The van der Waals surface area contributed by atoms with Crippen LogP contribution in [0.15, 0.2) is 22.9 Å². The number of rotatable bonds is 4.